The van der Waals surface area contributed by atoms with Gasteiger partial charge >= 0.3 is 0 Å². The number of nitro groups is 1. The lowest BCUT2D eigenvalue weighted by Gasteiger charge is -2.01. The Bertz CT molecular complexity index is 995. The molecule has 0 saturated heterocycles. The zero-order valence-corrected chi connectivity index (χ0v) is 13.7. The van der Waals surface area contributed by atoms with Crippen LogP contribution in [0.2, 0.25) is 5.02 Å². The molecular weight excluding hydrogens is 350 g/mol. The fourth-order valence-corrected chi connectivity index (χ4v) is 2.47. The van der Waals surface area contributed by atoms with Gasteiger partial charge in [0.2, 0.25) is 4.77 Å². The third kappa shape index (κ3) is 3.24. The first-order valence-electron chi connectivity index (χ1n) is 6.77. The Hall–Kier alpha value is -2.84. The summed E-state index contributed by atoms with van der Waals surface area (Å²) in [5.74, 6) is 0.456. The molecule has 9 heteroatoms. The molecule has 7 nitrogen and oxygen atoms in total. The molecule has 0 radical (unpaired) electrons. The maximum atomic E-state index is 11.1. The van der Waals surface area contributed by atoms with E-state index in [1.807, 2.05) is 6.07 Å². The number of hydrogen-bond donors (Lipinski definition) is 1. The molecule has 0 aliphatic rings. The minimum atomic E-state index is -0.464. The fourth-order valence-electron chi connectivity index (χ4n) is 2.10. The van der Waals surface area contributed by atoms with Crippen molar-refractivity contribution in [2.45, 2.75) is 0 Å². The third-order valence-corrected chi connectivity index (χ3v) is 3.68. The van der Waals surface area contributed by atoms with Crippen LogP contribution in [0, 0.1) is 14.9 Å². The number of H-pyrrole nitrogens is 1. The van der Waals surface area contributed by atoms with Gasteiger partial charge in [0.25, 0.3) is 5.69 Å². The predicted octanol–water partition coefficient (Wildman–Crippen LogP) is 4.05. The van der Waals surface area contributed by atoms with Crippen molar-refractivity contribution in [2.24, 2.45) is 5.10 Å². The normalized spacial score (nSPS) is 11.0. The number of nitrogens with one attached hydrogen (secondary N) is 1. The highest BCUT2D eigenvalue weighted by molar-refractivity contribution is 7.71. The fraction of sp³-hybridized carbons (Fsp3) is 0. The lowest BCUT2D eigenvalue weighted by molar-refractivity contribution is -0.385. The number of nitro benzene ring substituents is 1. The Kier molecular flexibility index (Phi) is 4.50. The van der Waals surface area contributed by atoms with Crippen molar-refractivity contribution in [3.8, 4) is 11.4 Å². The Labute approximate surface area is 146 Å². The Morgan fingerprint density at radius 2 is 2.08 bits per heavy atom. The van der Waals surface area contributed by atoms with Gasteiger partial charge in [0, 0.05) is 16.7 Å². The van der Waals surface area contributed by atoms with Gasteiger partial charge in [0.05, 0.1) is 16.7 Å². The molecule has 0 spiro atoms. The second-order valence-electron chi connectivity index (χ2n) is 4.74. The van der Waals surface area contributed by atoms with Crippen molar-refractivity contribution in [3.05, 3.63) is 74.0 Å². The van der Waals surface area contributed by atoms with E-state index in [0.717, 1.165) is 5.56 Å². The first-order valence-corrected chi connectivity index (χ1v) is 7.56. The van der Waals surface area contributed by atoms with Gasteiger partial charge < -0.3 is 0 Å². The van der Waals surface area contributed by atoms with Crippen molar-refractivity contribution in [3.63, 3.8) is 0 Å². The van der Waals surface area contributed by atoms with E-state index in [2.05, 4.69) is 15.3 Å². The Morgan fingerprint density at radius 3 is 2.83 bits per heavy atom. The van der Waals surface area contributed by atoms with E-state index >= 15 is 0 Å². The number of hydrogen-bond acceptors (Lipinski definition) is 5. The van der Waals surface area contributed by atoms with Crippen LogP contribution >= 0.6 is 23.8 Å². The zero-order chi connectivity index (χ0) is 17.1. The molecule has 0 amide bonds. The predicted molar refractivity (Wildman–Crippen MR) is 93.9 cm³/mol. The summed E-state index contributed by atoms with van der Waals surface area (Å²) in [5, 5.41) is 22.6. The minimum Gasteiger partial charge on any atom is -0.258 e. The van der Waals surface area contributed by atoms with E-state index in [4.69, 9.17) is 23.8 Å². The number of nitrogens with zero attached hydrogens (tertiary/aromatic N) is 4. The molecule has 0 atom stereocenters. The Morgan fingerprint density at radius 1 is 1.29 bits per heavy atom. The van der Waals surface area contributed by atoms with Gasteiger partial charge in [-0.15, -0.1) is 0 Å². The molecule has 1 N–H and O–H groups in total. The molecule has 0 aliphatic heterocycles. The van der Waals surface area contributed by atoms with Crippen LogP contribution in [0.3, 0.4) is 0 Å². The maximum absolute atomic E-state index is 11.1. The van der Waals surface area contributed by atoms with Crippen molar-refractivity contribution < 1.29 is 4.92 Å². The summed E-state index contributed by atoms with van der Waals surface area (Å²) < 4.78 is 1.65. The zero-order valence-electron chi connectivity index (χ0n) is 12.1. The minimum absolute atomic E-state index is 0.0411. The van der Waals surface area contributed by atoms with Crippen molar-refractivity contribution in [1.82, 2.24) is 14.9 Å². The highest BCUT2D eigenvalue weighted by atomic mass is 35.5. The van der Waals surface area contributed by atoms with E-state index < -0.39 is 4.92 Å². The molecule has 0 unspecified atom stereocenters. The van der Waals surface area contributed by atoms with Crippen LogP contribution in [0.4, 0.5) is 5.69 Å². The SMILES string of the molecule is O=[N+]([O-])c1ccccc1C=Nn1c(-c2cccc(Cl)c2)n[nH]c1=S. The van der Waals surface area contributed by atoms with Gasteiger partial charge in [-0.1, -0.05) is 35.9 Å². The number of halogens is 1. The van der Waals surface area contributed by atoms with Crippen molar-refractivity contribution >= 4 is 35.7 Å². The number of aromatic amines is 1. The van der Waals surface area contributed by atoms with Gasteiger partial charge in [-0.3, -0.25) is 10.1 Å². The molecular formula is C15H10ClN5O2S. The summed E-state index contributed by atoms with van der Waals surface area (Å²) in [6.45, 7) is 0. The third-order valence-electron chi connectivity index (χ3n) is 3.18. The molecule has 24 heavy (non-hydrogen) atoms. The van der Waals surface area contributed by atoms with Crippen molar-refractivity contribution in [2.75, 3.05) is 0 Å². The molecule has 0 aliphatic carbocycles. The van der Waals surface area contributed by atoms with E-state index in [1.54, 1.807) is 36.4 Å². The van der Waals surface area contributed by atoms with Crippen molar-refractivity contribution in [1.29, 1.82) is 0 Å². The molecule has 3 aromatic rings. The van der Waals surface area contributed by atoms with Crippen LogP contribution in [0.5, 0.6) is 0 Å². The second-order valence-corrected chi connectivity index (χ2v) is 5.56. The highest BCUT2D eigenvalue weighted by Gasteiger charge is 2.12. The highest BCUT2D eigenvalue weighted by Crippen LogP contribution is 2.21. The van der Waals surface area contributed by atoms with E-state index in [0.29, 0.717) is 16.4 Å². The standard InChI is InChI=1S/C15H10ClN5O2S/c16-12-6-3-5-10(8-12)14-18-19-15(24)20(14)17-9-11-4-1-2-7-13(11)21(22)23/h1-9H,(H,19,24). The van der Waals surface area contributed by atoms with Gasteiger partial charge in [-0.2, -0.15) is 14.9 Å². The topological polar surface area (TPSA) is 89.1 Å². The summed E-state index contributed by atoms with van der Waals surface area (Å²) in [5.41, 5.74) is 1.04. The first-order chi connectivity index (χ1) is 11.6. The van der Waals surface area contributed by atoms with E-state index in [-0.39, 0.29) is 10.5 Å². The van der Waals surface area contributed by atoms with Crippen LogP contribution in [0.25, 0.3) is 11.4 Å². The lowest BCUT2D eigenvalue weighted by Crippen LogP contribution is -1.98. The summed E-state index contributed by atoms with van der Waals surface area (Å²) in [6, 6.07) is 13.4. The molecule has 1 aromatic heterocycles. The number of para-hydroxylation sites is 1. The maximum Gasteiger partial charge on any atom is 0.278 e. The van der Waals surface area contributed by atoms with E-state index in [1.165, 1.54) is 17.0 Å². The molecule has 3 rings (SSSR count). The van der Waals surface area contributed by atoms with Gasteiger partial charge in [0.1, 0.15) is 0 Å². The molecule has 120 valence electrons. The lowest BCUT2D eigenvalue weighted by atomic mass is 10.2. The monoisotopic (exact) mass is 359 g/mol. The summed E-state index contributed by atoms with van der Waals surface area (Å²) in [7, 11) is 0. The summed E-state index contributed by atoms with van der Waals surface area (Å²) in [6.07, 6.45) is 1.37. The van der Waals surface area contributed by atoms with Gasteiger partial charge in [0.15, 0.2) is 5.82 Å². The van der Waals surface area contributed by atoms with Gasteiger partial charge in [-0.05, 0) is 30.4 Å². The average Bonchev–Trinajstić information content (AvgIpc) is 2.94. The first kappa shape index (κ1) is 16.0. The number of benzene rings is 2. The molecule has 1 heterocycles. The molecule has 0 bridgehead atoms. The second kappa shape index (κ2) is 6.73. The largest absolute Gasteiger partial charge is 0.278 e. The Balaban J connectivity index is 2.05. The van der Waals surface area contributed by atoms with Crippen LogP contribution in [0.1, 0.15) is 5.56 Å². The van der Waals surface area contributed by atoms with E-state index in [9.17, 15) is 10.1 Å². The smallest absolute Gasteiger partial charge is 0.258 e. The molecule has 2 aromatic carbocycles. The summed E-state index contributed by atoms with van der Waals surface area (Å²) in [4.78, 5) is 10.6. The number of aromatic nitrogens is 3. The molecule has 0 saturated carbocycles. The number of rotatable bonds is 4. The van der Waals surface area contributed by atoms with Crippen LogP contribution in [-0.2, 0) is 0 Å². The summed E-state index contributed by atoms with van der Waals surface area (Å²) >= 11 is 11.2. The quantitative estimate of drug-likeness (QED) is 0.329. The van der Waals surface area contributed by atoms with Crippen LogP contribution < -0.4 is 0 Å². The van der Waals surface area contributed by atoms with Crippen LogP contribution in [0.15, 0.2) is 53.6 Å². The average molecular weight is 360 g/mol. The molecule has 0 fully saturated rings. The van der Waals surface area contributed by atoms with Gasteiger partial charge in [-0.25, -0.2) is 5.10 Å². The van der Waals surface area contributed by atoms with Crippen LogP contribution in [-0.4, -0.2) is 26.0 Å².